The van der Waals surface area contributed by atoms with Gasteiger partial charge in [0.15, 0.2) is 0 Å². The zero-order chi connectivity index (χ0) is 27.5. The van der Waals surface area contributed by atoms with E-state index in [0.29, 0.717) is 42.3 Å². The third kappa shape index (κ3) is 4.66. The second-order valence-electron chi connectivity index (χ2n) is 13.2. The average Bonchev–Trinajstić information content (AvgIpc) is 3.74. The number of amides is 2. The first kappa shape index (κ1) is 26.2. The van der Waals surface area contributed by atoms with Gasteiger partial charge in [0.05, 0.1) is 12.2 Å². The average molecular weight is 544 g/mol. The lowest BCUT2D eigenvalue weighted by atomic mass is 9.61. The van der Waals surface area contributed by atoms with Gasteiger partial charge in [0.2, 0.25) is 0 Å². The minimum absolute atomic E-state index is 0.0211. The lowest BCUT2D eigenvalue weighted by Gasteiger charge is -2.51. The number of methoxy groups -OCH3 is 1. The molecule has 3 aliphatic heterocycles. The predicted octanol–water partition coefficient (Wildman–Crippen LogP) is 3.62. The van der Waals surface area contributed by atoms with Crippen LogP contribution >= 0.6 is 0 Å². The highest BCUT2D eigenvalue weighted by molar-refractivity contribution is 6.01. The van der Waals surface area contributed by atoms with E-state index in [0.717, 1.165) is 76.7 Å². The van der Waals surface area contributed by atoms with E-state index < -0.39 is 6.10 Å². The van der Waals surface area contributed by atoms with Crippen molar-refractivity contribution in [1.29, 1.82) is 0 Å². The van der Waals surface area contributed by atoms with Gasteiger partial charge in [-0.1, -0.05) is 24.3 Å². The lowest BCUT2D eigenvalue weighted by Crippen LogP contribution is -2.51. The third-order valence-corrected chi connectivity index (χ3v) is 10.6. The Kier molecular flexibility index (Phi) is 6.52. The van der Waals surface area contributed by atoms with E-state index in [4.69, 9.17) is 4.74 Å². The number of nitrogens with zero attached hydrogens (tertiary/aromatic N) is 3. The summed E-state index contributed by atoms with van der Waals surface area (Å²) in [4.78, 5) is 33.2. The Bertz CT molecular complexity index is 1300. The predicted molar refractivity (Wildman–Crippen MR) is 152 cm³/mol. The molecule has 2 spiro atoms. The highest BCUT2D eigenvalue weighted by Crippen LogP contribution is 2.53. The van der Waals surface area contributed by atoms with Crippen molar-refractivity contribution in [2.75, 3.05) is 46.4 Å². The molecule has 7 heteroatoms. The minimum Gasteiger partial charge on any atom is -0.390 e. The summed E-state index contributed by atoms with van der Waals surface area (Å²) in [6.45, 7) is 4.90. The molecule has 1 saturated heterocycles. The fraction of sp³-hybridized carbons (Fsp3) is 0.576. The Morgan fingerprint density at radius 3 is 2.50 bits per heavy atom. The fourth-order valence-corrected chi connectivity index (χ4v) is 7.89. The molecule has 212 valence electrons. The summed E-state index contributed by atoms with van der Waals surface area (Å²) in [7, 11) is 1.79. The highest BCUT2D eigenvalue weighted by atomic mass is 16.5. The molecule has 1 atom stereocenters. The number of fused-ring (bicyclic) bond motifs is 3. The van der Waals surface area contributed by atoms with Crippen LogP contribution in [0, 0.1) is 5.41 Å². The number of carbonyl (C=O) groups is 2. The third-order valence-electron chi connectivity index (χ3n) is 10.6. The molecule has 2 saturated carbocycles. The number of piperidine rings is 1. The molecule has 0 radical (unpaired) electrons. The minimum atomic E-state index is -0.593. The number of carbonyl (C=O) groups excluding carboxylic acids is 2. The van der Waals surface area contributed by atoms with Crippen LogP contribution in [0.15, 0.2) is 42.5 Å². The number of rotatable bonds is 6. The van der Waals surface area contributed by atoms with Crippen LogP contribution in [0.3, 0.4) is 0 Å². The molecule has 2 aromatic rings. The van der Waals surface area contributed by atoms with E-state index in [1.807, 2.05) is 28.0 Å². The van der Waals surface area contributed by atoms with Gasteiger partial charge >= 0.3 is 0 Å². The topological polar surface area (TPSA) is 73.3 Å². The van der Waals surface area contributed by atoms with Gasteiger partial charge in [0.25, 0.3) is 11.8 Å². The van der Waals surface area contributed by atoms with E-state index in [2.05, 4.69) is 29.2 Å². The van der Waals surface area contributed by atoms with Crippen molar-refractivity contribution < 1.29 is 19.4 Å². The number of likely N-dealkylation sites (tertiary alicyclic amines) is 1. The zero-order valence-corrected chi connectivity index (χ0v) is 23.6. The number of ether oxygens (including phenoxy) is 1. The van der Waals surface area contributed by atoms with Crippen LogP contribution in [0.2, 0.25) is 0 Å². The van der Waals surface area contributed by atoms with Gasteiger partial charge in [-0.3, -0.25) is 14.5 Å². The van der Waals surface area contributed by atoms with Gasteiger partial charge in [-0.05, 0) is 85.3 Å². The normalized spacial score (nSPS) is 24.0. The first-order valence-corrected chi connectivity index (χ1v) is 15.1. The number of hydrogen-bond donors (Lipinski definition) is 1. The molecule has 0 aromatic heterocycles. The van der Waals surface area contributed by atoms with Crippen LogP contribution in [0.4, 0.5) is 0 Å². The summed E-state index contributed by atoms with van der Waals surface area (Å²) in [6.07, 6.45) is 7.16. The monoisotopic (exact) mass is 543 g/mol. The second-order valence-corrected chi connectivity index (χ2v) is 13.2. The van der Waals surface area contributed by atoms with Crippen LogP contribution in [-0.4, -0.2) is 90.2 Å². The standard InChI is InChI=1S/C33H41N3O4/c1-40-27-17-32(18-27)11-14-35(15-12-32)30(38)24-6-7-28-29(16-24)33(9-10-33)22-36(31(28)39)21-26(37)20-34-13-8-23-4-2-3-5-25(23)19-34/h2-7,16,26-27,37H,8-15,17-22H2,1H3. The van der Waals surface area contributed by atoms with E-state index in [1.54, 1.807) is 7.11 Å². The van der Waals surface area contributed by atoms with Gasteiger partial charge < -0.3 is 19.6 Å². The molecule has 2 aromatic carbocycles. The quantitative estimate of drug-likeness (QED) is 0.603. The largest absolute Gasteiger partial charge is 0.390 e. The van der Waals surface area contributed by atoms with Crippen LogP contribution in [0.1, 0.15) is 75.9 Å². The molecule has 7 nitrogen and oxygen atoms in total. The van der Waals surface area contributed by atoms with E-state index in [-0.39, 0.29) is 17.2 Å². The molecule has 2 aliphatic carbocycles. The summed E-state index contributed by atoms with van der Waals surface area (Å²) in [5.74, 6) is 0.0663. The SMILES string of the molecule is COC1CC2(CCN(C(=O)c3ccc4c(c3)C3(CC3)CN(CC(O)CN3CCc5ccccc5C3)C4=O)CC2)C1. The maximum absolute atomic E-state index is 13.6. The van der Waals surface area contributed by atoms with Crippen LogP contribution in [0.25, 0.3) is 0 Å². The molecular formula is C33H41N3O4. The summed E-state index contributed by atoms with van der Waals surface area (Å²) in [6, 6.07) is 14.2. The van der Waals surface area contributed by atoms with Crippen molar-refractivity contribution >= 4 is 11.8 Å². The smallest absolute Gasteiger partial charge is 0.254 e. The fourth-order valence-electron chi connectivity index (χ4n) is 7.89. The maximum Gasteiger partial charge on any atom is 0.254 e. The summed E-state index contributed by atoms with van der Waals surface area (Å²) < 4.78 is 5.49. The number of benzene rings is 2. The Hall–Kier alpha value is -2.74. The van der Waals surface area contributed by atoms with Gasteiger partial charge in [-0.15, -0.1) is 0 Å². The van der Waals surface area contributed by atoms with E-state index >= 15 is 0 Å². The van der Waals surface area contributed by atoms with Crippen molar-refractivity contribution in [2.45, 2.75) is 69.1 Å². The van der Waals surface area contributed by atoms with Crippen LogP contribution < -0.4 is 0 Å². The van der Waals surface area contributed by atoms with Gasteiger partial charge in [0.1, 0.15) is 0 Å². The van der Waals surface area contributed by atoms with E-state index in [1.165, 1.54) is 11.1 Å². The van der Waals surface area contributed by atoms with Crippen molar-refractivity contribution in [3.05, 3.63) is 70.3 Å². The van der Waals surface area contributed by atoms with Gasteiger partial charge in [0, 0.05) is 69.5 Å². The molecule has 1 unspecified atom stereocenters. The van der Waals surface area contributed by atoms with Gasteiger partial charge in [-0.25, -0.2) is 0 Å². The molecule has 3 heterocycles. The zero-order valence-electron chi connectivity index (χ0n) is 23.6. The van der Waals surface area contributed by atoms with E-state index in [9.17, 15) is 14.7 Å². The van der Waals surface area contributed by atoms with Crippen molar-refractivity contribution in [3.8, 4) is 0 Å². The highest BCUT2D eigenvalue weighted by Gasteiger charge is 2.52. The summed E-state index contributed by atoms with van der Waals surface area (Å²) >= 11 is 0. The summed E-state index contributed by atoms with van der Waals surface area (Å²) in [5.41, 5.74) is 5.47. The Labute approximate surface area is 237 Å². The molecule has 0 bridgehead atoms. The van der Waals surface area contributed by atoms with Crippen molar-refractivity contribution in [1.82, 2.24) is 14.7 Å². The molecular weight excluding hydrogens is 502 g/mol. The number of aliphatic hydroxyl groups is 1. The van der Waals surface area contributed by atoms with Crippen LogP contribution in [-0.2, 0) is 23.1 Å². The Balaban J connectivity index is 0.998. The molecule has 5 aliphatic rings. The molecule has 2 amide bonds. The number of β-amino-alcohol motifs (C(OH)–C–C–N with tert-alkyl or cyclic N) is 1. The van der Waals surface area contributed by atoms with Crippen molar-refractivity contribution in [3.63, 3.8) is 0 Å². The Morgan fingerprint density at radius 1 is 1.02 bits per heavy atom. The summed E-state index contributed by atoms with van der Waals surface area (Å²) in [5, 5.41) is 11.0. The Morgan fingerprint density at radius 2 is 1.77 bits per heavy atom. The maximum atomic E-state index is 13.6. The van der Waals surface area contributed by atoms with Gasteiger partial charge in [-0.2, -0.15) is 0 Å². The molecule has 1 N–H and O–H groups in total. The first-order valence-electron chi connectivity index (χ1n) is 15.1. The molecule has 7 rings (SSSR count). The molecule has 3 fully saturated rings. The number of hydrogen-bond acceptors (Lipinski definition) is 5. The van der Waals surface area contributed by atoms with Crippen LogP contribution in [0.5, 0.6) is 0 Å². The first-order chi connectivity index (χ1) is 19.4. The van der Waals surface area contributed by atoms with Crippen molar-refractivity contribution in [2.24, 2.45) is 5.41 Å². The second kappa shape index (κ2) is 9.97. The molecule has 40 heavy (non-hydrogen) atoms. The number of aliphatic hydroxyl groups excluding tert-OH is 1. The lowest BCUT2D eigenvalue weighted by molar-refractivity contribution is -0.0841.